The number of likely N-dealkylation sites (tertiary alicyclic amines) is 1. The van der Waals surface area contributed by atoms with Crippen molar-refractivity contribution in [3.8, 4) is 0 Å². The molecule has 0 spiro atoms. The van der Waals surface area contributed by atoms with E-state index in [9.17, 15) is 9.59 Å². The lowest BCUT2D eigenvalue weighted by Crippen LogP contribution is -2.57. The number of nitrogens with zero attached hydrogens (tertiary/aromatic N) is 2. The van der Waals surface area contributed by atoms with E-state index in [4.69, 9.17) is 0 Å². The lowest BCUT2D eigenvalue weighted by molar-refractivity contribution is -0.160. The molecule has 2 amide bonds. The first-order valence-corrected chi connectivity index (χ1v) is 11.1. The van der Waals surface area contributed by atoms with Crippen molar-refractivity contribution < 1.29 is 9.59 Å². The van der Waals surface area contributed by atoms with Crippen LogP contribution in [0.4, 0.5) is 0 Å². The van der Waals surface area contributed by atoms with Gasteiger partial charge in [-0.1, -0.05) is 0 Å². The van der Waals surface area contributed by atoms with Crippen LogP contribution >= 0.6 is 0 Å². The van der Waals surface area contributed by atoms with Crippen LogP contribution in [0, 0.1) is 23.2 Å². The molecule has 2 atom stereocenters. The van der Waals surface area contributed by atoms with Gasteiger partial charge in [-0.2, -0.15) is 0 Å². The Kier molecular flexibility index (Phi) is 4.44. The van der Waals surface area contributed by atoms with Crippen LogP contribution < -0.4 is 5.32 Å². The summed E-state index contributed by atoms with van der Waals surface area (Å²) in [6.07, 6.45) is 12.4. The van der Waals surface area contributed by atoms with E-state index in [0.29, 0.717) is 5.91 Å². The van der Waals surface area contributed by atoms with Gasteiger partial charge in [0.15, 0.2) is 0 Å². The van der Waals surface area contributed by atoms with Crippen molar-refractivity contribution in [3.05, 3.63) is 30.1 Å². The van der Waals surface area contributed by atoms with E-state index in [1.54, 1.807) is 12.4 Å². The van der Waals surface area contributed by atoms with Gasteiger partial charge in [0, 0.05) is 18.9 Å². The number of hydrogen-bond acceptors (Lipinski definition) is 3. The molecule has 4 bridgehead atoms. The summed E-state index contributed by atoms with van der Waals surface area (Å²) in [6, 6.07) is 3.48. The van der Waals surface area contributed by atoms with E-state index in [1.165, 1.54) is 19.3 Å². The molecular weight excluding hydrogens is 350 g/mol. The zero-order chi connectivity index (χ0) is 19.3. The predicted octanol–water partition coefficient (Wildman–Crippen LogP) is 3.47. The van der Waals surface area contributed by atoms with Crippen molar-refractivity contribution in [1.29, 1.82) is 0 Å². The number of amides is 2. The topological polar surface area (TPSA) is 62.3 Å². The van der Waals surface area contributed by atoms with Crippen molar-refractivity contribution in [2.45, 2.75) is 70.4 Å². The van der Waals surface area contributed by atoms with E-state index in [-0.39, 0.29) is 23.4 Å². The maximum absolute atomic E-state index is 13.7. The number of carbonyl (C=O) groups excluding carboxylic acids is 2. The minimum atomic E-state index is -0.301. The summed E-state index contributed by atoms with van der Waals surface area (Å²) >= 11 is 0. The minimum absolute atomic E-state index is 0.000101. The summed E-state index contributed by atoms with van der Waals surface area (Å²) < 4.78 is 0. The molecule has 1 aromatic rings. The molecule has 4 saturated carbocycles. The predicted molar refractivity (Wildman–Crippen MR) is 106 cm³/mol. The average molecular weight is 382 g/mol. The highest BCUT2D eigenvalue weighted by molar-refractivity contribution is 5.91. The van der Waals surface area contributed by atoms with E-state index < -0.39 is 0 Å². The number of nitrogens with one attached hydrogen (secondary N) is 1. The van der Waals surface area contributed by atoms with Gasteiger partial charge in [-0.15, -0.1) is 0 Å². The number of rotatable bonds is 4. The van der Waals surface area contributed by atoms with Gasteiger partial charge < -0.3 is 10.2 Å². The van der Waals surface area contributed by atoms with Crippen molar-refractivity contribution in [2.24, 2.45) is 23.2 Å². The van der Waals surface area contributed by atoms with E-state index in [1.807, 2.05) is 24.0 Å². The van der Waals surface area contributed by atoms with Gasteiger partial charge >= 0.3 is 0 Å². The first-order valence-electron chi connectivity index (χ1n) is 11.1. The second-order valence-electron chi connectivity index (χ2n) is 9.87. The van der Waals surface area contributed by atoms with Crippen molar-refractivity contribution in [3.63, 3.8) is 0 Å². The number of hydrogen-bond donors (Lipinski definition) is 1. The first-order chi connectivity index (χ1) is 13.5. The molecule has 1 aliphatic heterocycles. The molecule has 0 aromatic carbocycles. The zero-order valence-electron chi connectivity index (χ0n) is 16.8. The van der Waals surface area contributed by atoms with Crippen LogP contribution in [0.25, 0.3) is 0 Å². The Bertz CT molecular complexity index is 727. The Balaban J connectivity index is 1.30. The highest BCUT2D eigenvalue weighted by atomic mass is 16.2. The van der Waals surface area contributed by atoms with Crippen LogP contribution in [0.3, 0.4) is 0 Å². The van der Waals surface area contributed by atoms with Crippen molar-refractivity contribution in [1.82, 2.24) is 15.2 Å². The standard InChI is InChI=1S/C23H31N3O2/c1-15(19-4-6-24-7-5-19)25-21(27)20-3-2-8-26(20)22(28)23-12-16-9-17(13-23)11-18(10-16)14-23/h4-7,15-18,20H,2-3,8-14H2,1H3,(H,25,27). The Morgan fingerprint density at radius 1 is 1.11 bits per heavy atom. The number of pyridine rings is 1. The number of aromatic nitrogens is 1. The lowest BCUT2D eigenvalue weighted by Gasteiger charge is -2.56. The molecule has 4 aliphatic carbocycles. The van der Waals surface area contributed by atoms with Gasteiger partial charge in [-0.05, 0) is 93.7 Å². The maximum atomic E-state index is 13.7. The average Bonchev–Trinajstić information content (AvgIpc) is 3.17. The zero-order valence-corrected chi connectivity index (χ0v) is 16.8. The summed E-state index contributed by atoms with van der Waals surface area (Å²) in [5.74, 6) is 2.53. The van der Waals surface area contributed by atoms with Crippen LogP contribution in [0.1, 0.15) is 69.9 Å². The van der Waals surface area contributed by atoms with Gasteiger partial charge in [-0.3, -0.25) is 14.6 Å². The molecule has 5 heteroatoms. The second kappa shape index (κ2) is 6.85. The molecule has 2 heterocycles. The fourth-order valence-electron chi connectivity index (χ4n) is 7.00. The van der Waals surface area contributed by atoms with Crippen LogP contribution in [-0.2, 0) is 9.59 Å². The summed E-state index contributed by atoms with van der Waals surface area (Å²) in [7, 11) is 0. The molecule has 6 rings (SSSR count). The van der Waals surface area contributed by atoms with Gasteiger partial charge in [0.2, 0.25) is 11.8 Å². The molecule has 5 fully saturated rings. The largest absolute Gasteiger partial charge is 0.348 e. The summed E-state index contributed by atoms with van der Waals surface area (Å²) in [6.45, 7) is 2.73. The highest BCUT2D eigenvalue weighted by Crippen LogP contribution is 2.60. The molecule has 5 aliphatic rings. The molecule has 1 aromatic heterocycles. The number of carbonyl (C=O) groups is 2. The highest BCUT2D eigenvalue weighted by Gasteiger charge is 2.56. The Morgan fingerprint density at radius 3 is 2.32 bits per heavy atom. The van der Waals surface area contributed by atoms with Gasteiger partial charge in [0.1, 0.15) is 6.04 Å². The molecule has 28 heavy (non-hydrogen) atoms. The monoisotopic (exact) mass is 381 g/mol. The molecule has 1 N–H and O–H groups in total. The van der Waals surface area contributed by atoms with Crippen LogP contribution in [-0.4, -0.2) is 34.3 Å². The van der Waals surface area contributed by atoms with E-state index in [2.05, 4.69) is 10.3 Å². The Hall–Kier alpha value is -1.91. The molecular formula is C23H31N3O2. The SMILES string of the molecule is CC(NC(=O)C1CCCN1C(=O)C12CC3CC(CC(C3)C1)C2)c1ccncc1. The van der Waals surface area contributed by atoms with Gasteiger partial charge in [0.25, 0.3) is 0 Å². The maximum Gasteiger partial charge on any atom is 0.243 e. The third-order valence-electron chi connectivity index (χ3n) is 7.87. The quantitative estimate of drug-likeness (QED) is 0.869. The minimum Gasteiger partial charge on any atom is -0.348 e. The van der Waals surface area contributed by atoms with Crippen LogP contribution in [0.15, 0.2) is 24.5 Å². The molecule has 0 radical (unpaired) electrons. The first kappa shape index (κ1) is 18.1. The van der Waals surface area contributed by atoms with Gasteiger partial charge in [0.05, 0.1) is 11.5 Å². The van der Waals surface area contributed by atoms with Crippen molar-refractivity contribution in [2.75, 3.05) is 6.54 Å². The van der Waals surface area contributed by atoms with E-state index in [0.717, 1.165) is 62.0 Å². The third kappa shape index (κ3) is 3.03. The second-order valence-corrected chi connectivity index (χ2v) is 9.87. The molecule has 2 unspecified atom stereocenters. The van der Waals surface area contributed by atoms with Crippen LogP contribution in [0.2, 0.25) is 0 Å². The summed E-state index contributed by atoms with van der Waals surface area (Å²) in [5.41, 5.74) is 0.884. The van der Waals surface area contributed by atoms with Gasteiger partial charge in [-0.25, -0.2) is 0 Å². The third-order valence-corrected chi connectivity index (χ3v) is 7.87. The normalized spacial score (nSPS) is 37.1. The smallest absolute Gasteiger partial charge is 0.243 e. The lowest BCUT2D eigenvalue weighted by atomic mass is 9.49. The molecule has 1 saturated heterocycles. The summed E-state index contributed by atoms with van der Waals surface area (Å²) in [5, 5.41) is 3.14. The molecule has 5 nitrogen and oxygen atoms in total. The van der Waals surface area contributed by atoms with E-state index >= 15 is 0 Å². The fourth-order valence-corrected chi connectivity index (χ4v) is 7.00. The molecule has 150 valence electrons. The van der Waals surface area contributed by atoms with Crippen LogP contribution in [0.5, 0.6) is 0 Å². The fraction of sp³-hybridized carbons (Fsp3) is 0.696. The van der Waals surface area contributed by atoms with Crippen molar-refractivity contribution >= 4 is 11.8 Å². The summed E-state index contributed by atoms with van der Waals surface area (Å²) in [4.78, 5) is 32.7. The Labute approximate surface area is 167 Å². The Morgan fingerprint density at radius 2 is 1.71 bits per heavy atom.